The number of rotatable bonds is 3. The monoisotopic (exact) mass is 422 g/mol. The Hall–Kier alpha value is -2.49. The number of aryl methyl sites for hydroxylation is 2. The fourth-order valence-corrected chi connectivity index (χ4v) is 4.83. The first kappa shape index (κ1) is 18.5. The molecule has 0 unspecified atom stereocenters. The lowest BCUT2D eigenvalue weighted by atomic mass is 9.97. The van der Waals surface area contributed by atoms with Gasteiger partial charge in [-0.1, -0.05) is 59.6 Å². The highest BCUT2D eigenvalue weighted by molar-refractivity contribution is 6.42. The van der Waals surface area contributed by atoms with E-state index in [1.165, 1.54) is 5.56 Å². The molecule has 146 valence electrons. The summed E-state index contributed by atoms with van der Waals surface area (Å²) in [4.78, 5) is 12.8. The summed E-state index contributed by atoms with van der Waals surface area (Å²) in [6.45, 7) is 2.56. The van der Waals surface area contributed by atoms with Crippen molar-refractivity contribution in [3.05, 3.63) is 76.0 Å². The third kappa shape index (κ3) is 2.92. The van der Waals surface area contributed by atoms with Crippen LogP contribution < -0.4 is 0 Å². The van der Waals surface area contributed by atoms with Gasteiger partial charge in [0.15, 0.2) is 5.78 Å². The van der Waals surface area contributed by atoms with Crippen LogP contribution in [0.2, 0.25) is 10.0 Å². The van der Waals surface area contributed by atoms with Gasteiger partial charge >= 0.3 is 0 Å². The van der Waals surface area contributed by atoms with E-state index in [0.717, 1.165) is 59.5 Å². The molecule has 29 heavy (non-hydrogen) atoms. The lowest BCUT2D eigenvalue weighted by molar-refractivity contribution is 0.101. The summed E-state index contributed by atoms with van der Waals surface area (Å²) >= 11 is 12.4. The zero-order valence-electron chi connectivity index (χ0n) is 16.1. The molecule has 5 rings (SSSR count). The molecule has 1 aliphatic heterocycles. The first-order chi connectivity index (χ1) is 14.1. The molecule has 4 aromatic rings. The zero-order chi connectivity index (χ0) is 20.1. The maximum atomic E-state index is 12.8. The number of carbonyl (C=O) groups is 1. The average molecular weight is 423 g/mol. The van der Waals surface area contributed by atoms with Crippen LogP contribution in [0.5, 0.6) is 0 Å². The van der Waals surface area contributed by atoms with Gasteiger partial charge < -0.3 is 4.57 Å². The molecule has 0 atom stereocenters. The summed E-state index contributed by atoms with van der Waals surface area (Å²) in [5, 5.41) is 1.08. The number of nitrogens with zero attached hydrogens (tertiary/aromatic N) is 2. The Morgan fingerprint density at radius 1 is 0.966 bits per heavy atom. The number of benzene rings is 2. The van der Waals surface area contributed by atoms with E-state index in [0.29, 0.717) is 10.0 Å². The van der Waals surface area contributed by atoms with Crippen LogP contribution in [0.3, 0.4) is 0 Å². The number of hydrogen-bond donors (Lipinski definition) is 0. The molecule has 0 radical (unpaired) electrons. The molecule has 5 heteroatoms. The van der Waals surface area contributed by atoms with Crippen molar-refractivity contribution in [2.75, 3.05) is 0 Å². The number of aromatic nitrogens is 2. The summed E-state index contributed by atoms with van der Waals surface area (Å²) in [6, 6.07) is 16.0. The summed E-state index contributed by atoms with van der Waals surface area (Å²) in [5.74, 6) is 0.0727. The van der Waals surface area contributed by atoms with Crippen molar-refractivity contribution in [3.8, 4) is 22.4 Å². The molecular formula is C24H20Cl2N2O. The lowest BCUT2D eigenvalue weighted by Crippen LogP contribution is -2.00. The number of ketones is 1. The van der Waals surface area contributed by atoms with Gasteiger partial charge in [0.05, 0.1) is 21.4 Å². The van der Waals surface area contributed by atoms with E-state index >= 15 is 0 Å². The topological polar surface area (TPSA) is 26.4 Å². The first-order valence-corrected chi connectivity index (χ1v) is 10.6. The van der Waals surface area contributed by atoms with E-state index in [2.05, 4.69) is 27.3 Å². The second-order valence-electron chi connectivity index (χ2n) is 7.57. The molecule has 3 nitrogen and oxygen atoms in total. The Balaban J connectivity index is 1.85. The zero-order valence-corrected chi connectivity index (χ0v) is 17.6. The van der Waals surface area contributed by atoms with E-state index in [9.17, 15) is 4.79 Å². The SMILES string of the molecule is CC(=O)c1c(-c2ccccc2)c2c3n(c(-c4ccc(Cl)c(Cl)c4)cn13)CCCC2. The van der Waals surface area contributed by atoms with Crippen LogP contribution in [0.25, 0.3) is 28.0 Å². The van der Waals surface area contributed by atoms with Crippen LogP contribution in [0.4, 0.5) is 0 Å². The minimum absolute atomic E-state index is 0.0727. The molecule has 0 bridgehead atoms. The molecule has 0 saturated carbocycles. The minimum Gasteiger partial charge on any atom is -0.325 e. The summed E-state index contributed by atoms with van der Waals surface area (Å²) in [6.07, 6.45) is 5.23. The first-order valence-electron chi connectivity index (χ1n) is 9.84. The van der Waals surface area contributed by atoms with Crippen molar-refractivity contribution in [1.82, 2.24) is 8.97 Å². The van der Waals surface area contributed by atoms with Gasteiger partial charge in [-0.2, -0.15) is 0 Å². The smallest absolute Gasteiger partial charge is 0.177 e. The van der Waals surface area contributed by atoms with Gasteiger partial charge in [-0.15, -0.1) is 0 Å². The van der Waals surface area contributed by atoms with Gasteiger partial charge in [-0.25, -0.2) is 0 Å². The Morgan fingerprint density at radius 2 is 1.76 bits per heavy atom. The van der Waals surface area contributed by atoms with Gasteiger partial charge in [0.1, 0.15) is 5.65 Å². The largest absolute Gasteiger partial charge is 0.325 e. The molecule has 2 aromatic heterocycles. The predicted octanol–water partition coefficient (Wildman–Crippen LogP) is 6.92. The average Bonchev–Trinajstić information content (AvgIpc) is 3.13. The Kier molecular flexibility index (Phi) is 4.53. The minimum atomic E-state index is 0.0727. The fraction of sp³-hybridized carbons (Fsp3) is 0.208. The normalized spacial score (nSPS) is 13.6. The molecule has 0 N–H and O–H groups in total. The molecular weight excluding hydrogens is 403 g/mol. The molecule has 0 fully saturated rings. The Labute approximate surface area is 179 Å². The van der Waals surface area contributed by atoms with E-state index < -0.39 is 0 Å². The van der Waals surface area contributed by atoms with Gasteiger partial charge in [0.2, 0.25) is 0 Å². The number of hydrogen-bond acceptors (Lipinski definition) is 1. The third-order valence-electron chi connectivity index (χ3n) is 5.75. The van der Waals surface area contributed by atoms with Crippen molar-refractivity contribution in [3.63, 3.8) is 0 Å². The molecule has 0 saturated heterocycles. The van der Waals surface area contributed by atoms with Crippen LogP contribution in [-0.4, -0.2) is 14.8 Å². The van der Waals surface area contributed by atoms with Crippen LogP contribution in [0, 0.1) is 0 Å². The third-order valence-corrected chi connectivity index (χ3v) is 6.48. The lowest BCUT2D eigenvalue weighted by Gasteiger charge is -2.09. The van der Waals surface area contributed by atoms with E-state index in [1.54, 1.807) is 6.92 Å². The second-order valence-corrected chi connectivity index (χ2v) is 8.38. The Bertz CT molecular complexity index is 1250. The summed E-state index contributed by atoms with van der Waals surface area (Å²) in [7, 11) is 0. The summed E-state index contributed by atoms with van der Waals surface area (Å²) < 4.78 is 4.42. The van der Waals surface area contributed by atoms with E-state index in [4.69, 9.17) is 23.2 Å². The van der Waals surface area contributed by atoms with Crippen molar-refractivity contribution in [2.24, 2.45) is 0 Å². The maximum Gasteiger partial charge on any atom is 0.177 e. The molecule has 0 amide bonds. The van der Waals surface area contributed by atoms with Crippen LogP contribution in [-0.2, 0) is 13.0 Å². The second kappa shape index (κ2) is 7.08. The number of Topliss-reactive ketones (excluding diaryl/α,β-unsaturated/α-hetero) is 1. The molecule has 0 aliphatic carbocycles. The standard InChI is InChI=1S/C24H20Cl2N2O/c1-15(29)23-22(16-7-3-2-4-8-16)18-9-5-6-12-27-21(14-28(23)24(18)27)17-10-11-19(25)20(26)13-17/h2-4,7-8,10-11,13-14H,5-6,9,12H2,1H3. The predicted molar refractivity (Wildman–Crippen MR) is 119 cm³/mol. The van der Waals surface area contributed by atoms with Crippen molar-refractivity contribution in [2.45, 2.75) is 32.7 Å². The highest BCUT2D eigenvalue weighted by Crippen LogP contribution is 2.40. The highest BCUT2D eigenvalue weighted by atomic mass is 35.5. The van der Waals surface area contributed by atoms with E-state index in [-0.39, 0.29) is 5.78 Å². The molecule has 3 heterocycles. The molecule has 2 aromatic carbocycles. The highest BCUT2D eigenvalue weighted by Gasteiger charge is 2.28. The number of imidazole rings is 1. The van der Waals surface area contributed by atoms with Gasteiger partial charge in [-0.3, -0.25) is 9.20 Å². The van der Waals surface area contributed by atoms with Crippen LogP contribution in [0.1, 0.15) is 35.8 Å². The number of halogens is 2. The van der Waals surface area contributed by atoms with Crippen LogP contribution >= 0.6 is 23.2 Å². The van der Waals surface area contributed by atoms with Gasteiger partial charge in [0, 0.05) is 36.4 Å². The maximum absolute atomic E-state index is 12.8. The Morgan fingerprint density at radius 3 is 2.48 bits per heavy atom. The quantitative estimate of drug-likeness (QED) is 0.329. The van der Waals surface area contributed by atoms with Crippen molar-refractivity contribution in [1.29, 1.82) is 0 Å². The van der Waals surface area contributed by atoms with Crippen LogP contribution in [0.15, 0.2) is 54.7 Å². The van der Waals surface area contributed by atoms with Gasteiger partial charge in [0.25, 0.3) is 0 Å². The van der Waals surface area contributed by atoms with Crippen molar-refractivity contribution < 1.29 is 4.79 Å². The molecule has 1 aliphatic rings. The van der Waals surface area contributed by atoms with E-state index in [1.807, 2.05) is 36.4 Å². The fourth-order valence-electron chi connectivity index (χ4n) is 4.53. The van der Waals surface area contributed by atoms with Gasteiger partial charge in [-0.05, 0) is 37.0 Å². The van der Waals surface area contributed by atoms with Crippen molar-refractivity contribution >= 4 is 34.6 Å². The molecule has 0 spiro atoms. The summed E-state index contributed by atoms with van der Waals surface area (Å²) in [5.41, 5.74) is 7.36. The number of carbonyl (C=O) groups excluding carboxylic acids is 1.